The number of hydrogen-bond donors (Lipinski definition) is 0. The van der Waals surface area contributed by atoms with Crippen LogP contribution in [0, 0.1) is 5.92 Å². The fourth-order valence-corrected chi connectivity index (χ4v) is 2.33. The maximum absolute atomic E-state index is 11.6. The van der Waals surface area contributed by atoms with Crippen molar-refractivity contribution in [3.05, 3.63) is 17.8 Å². The molecule has 0 aliphatic carbocycles. The van der Waals surface area contributed by atoms with Gasteiger partial charge in [0.15, 0.2) is 0 Å². The zero-order valence-corrected chi connectivity index (χ0v) is 11.3. The number of nitrogens with zero attached hydrogens (tertiary/aromatic N) is 3. The Morgan fingerprint density at radius 2 is 2.26 bits per heavy atom. The minimum Gasteiger partial charge on any atom is -0.480 e. The van der Waals surface area contributed by atoms with Crippen molar-refractivity contribution in [2.75, 3.05) is 27.3 Å². The first kappa shape index (κ1) is 13.7. The molecule has 6 heteroatoms. The summed E-state index contributed by atoms with van der Waals surface area (Å²) in [5.74, 6) is 0.366. The Bertz CT molecular complexity index is 422. The summed E-state index contributed by atoms with van der Waals surface area (Å²) >= 11 is 0. The van der Waals surface area contributed by atoms with Crippen molar-refractivity contribution in [3.8, 4) is 5.88 Å². The third-order valence-electron chi connectivity index (χ3n) is 3.33. The van der Waals surface area contributed by atoms with Crippen molar-refractivity contribution in [1.29, 1.82) is 0 Å². The largest absolute Gasteiger partial charge is 0.480 e. The Balaban J connectivity index is 1.92. The first-order valence-corrected chi connectivity index (χ1v) is 6.39. The third kappa shape index (κ3) is 3.64. The van der Waals surface area contributed by atoms with E-state index >= 15 is 0 Å². The molecule has 19 heavy (non-hydrogen) atoms. The van der Waals surface area contributed by atoms with E-state index in [1.807, 2.05) is 6.07 Å². The Hall–Kier alpha value is -1.69. The van der Waals surface area contributed by atoms with Gasteiger partial charge < -0.3 is 9.47 Å². The molecule has 0 saturated carbocycles. The van der Waals surface area contributed by atoms with Crippen LogP contribution in [-0.4, -0.2) is 48.4 Å². The van der Waals surface area contributed by atoms with E-state index < -0.39 is 0 Å². The van der Waals surface area contributed by atoms with Gasteiger partial charge in [0.2, 0.25) is 5.88 Å². The number of hydrogen-bond acceptors (Lipinski definition) is 6. The van der Waals surface area contributed by atoms with Crippen LogP contribution in [0.3, 0.4) is 0 Å². The average Bonchev–Trinajstić information content (AvgIpc) is 2.47. The molecule has 1 atom stereocenters. The zero-order valence-electron chi connectivity index (χ0n) is 11.3. The highest BCUT2D eigenvalue weighted by Gasteiger charge is 2.26. The van der Waals surface area contributed by atoms with Gasteiger partial charge in [-0.25, -0.2) is 0 Å². The summed E-state index contributed by atoms with van der Waals surface area (Å²) in [7, 11) is 3.01. The fourth-order valence-electron chi connectivity index (χ4n) is 2.33. The van der Waals surface area contributed by atoms with Crippen LogP contribution >= 0.6 is 0 Å². The van der Waals surface area contributed by atoms with E-state index in [9.17, 15) is 4.79 Å². The molecule has 104 valence electrons. The molecule has 1 saturated heterocycles. The highest BCUT2D eigenvalue weighted by molar-refractivity contribution is 5.72. The Kier molecular flexibility index (Phi) is 4.68. The van der Waals surface area contributed by atoms with Gasteiger partial charge in [-0.3, -0.25) is 9.69 Å². The first-order chi connectivity index (χ1) is 9.22. The Labute approximate surface area is 112 Å². The van der Waals surface area contributed by atoms with Gasteiger partial charge in [-0.15, -0.1) is 5.10 Å². The van der Waals surface area contributed by atoms with Gasteiger partial charge in [0.25, 0.3) is 0 Å². The molecule has 1 aromatic rings. The topological polar surface area (TPSA) is 64.5 Å². The second-order valence-electron chi connectivity index (χ2n) is 4.66. The SMILES string of the molecule is COC(=O)C1CCCN(Cc2ccc(OC)nn2)C1. The Morgan fingerprint density at radius 1 is 1.42 bits per heavy atom. The summed E-state index contributed by atoms with van der Waals surface area (Å²) in [5.41, 5.74) is 0.881. The number of carbonyl (C=O) groups is 1. The molecule has 0 aromatic carbocycles. The van der Waals surface area contributed by atoms with Gasteiger partial charge >= 0.3 is 5.97 Å². The molecular weight excluding hydrogens is 246 g/mol. The quantitative estimate of drug-likeness (QED) is 0.753. The summed E-state index contributed by atoms with van der Waals surface area (Å²) in [6.07, 6.45) is 1.90. The Morgan fingerprint density at radius 3 is 2.89 bits per heavy atom. The van der Waals surface area contributed by atoms with Crippen LogP contribution in [-0.2, 0) is 16.1 Å². The van der Waals surface area contributed by atoms with Crippen molar-refractivity contribution in [2.24, 2.45) is 5.92 Å². The van der Waals surface area contributed by atoms with Crippen LogP contribution in [0.25, 0.3) is 0 Å². The number of likely N-dealkylation sites (tertiary alicyclic amines) is 1. The minimum atomic E-state index is -0.120. The number of ether oxygens (including phenoxy) is 2. The maximum atomic E-state index is 11.6. The molecule has 1 fully saturated rings. The van der Waals surface area contributed by atoms with E-state index in [0.29, 0.717) is 12.4 Å². The van der Waals surface area contributed by atoms with E-state index in [0.717, 1.165) is 31.6 Å². The van der Waals surface area contributed by atoms with E-state index in [4.69, 9.17) is 9.47 Å². The van der Waals surface area contributed by atoms with Gasteiger partial charge in [0.1, 0.15) is 0 Å². The van der Waals surface area contributed by atoms with Gasteiger partial charge in [0, 0.05) is 19.2 Å². The molecule has 0 radical (unpaired) electrons. The van der Waals surface area contributed by atoms with Crippen molar-refractivity contribution in [1.82, 2.24) is 15.1 Å². The molecule has 1 aliphatic heterocycles. The van der Waals surface area contributed by atoms with E-state index in [-0.39, 0.29) is 11.9 Å². The highest BCUT2D eigenvalue weighted by Crippen LogP contribution is 2.19. The molecule has 1 aliphatic rings. The number of esters is 1. The summed E-state index contributed by atoms with van der Waals surface area (Å²) in [6.45, 7) is 2.39. The monoisotopic (exact) mass is 265 g/mol. The average molecular weight is 265 g/mol. The van der Waals surface area contributed by atoms with E-state index in [1.165, 1.54) is 7.11 Å². The van der Waals surface area contributed by atoms with Crippen molar-refractivity contribution < 1.29 is 14.3 Å². The lowest BCUT2D eigenvalue weighted by Gasteiger charge is -2.30. The van der Waals surface area contributed by atoms with Crippen molar-refractivity contribution in [3.63, 3.8) is 0 Å². The molecule has 1 unspecified atom stereocenters. The number of methoxy groups -OCH3 is 2. The maximum Gasteiger partial charge on any atom is 0.309 e. The molecule has 1 aromatic heterocycles. The lowest BCUT2D eigenvalue weighted by Crippen LogP contribution is -2.38. The molecule has 0 amide bonds. The molecule has 2 rings (SSSR count). The minimum absolute atomic E-state index is 0.0232. The molecule has 2 heterocycles. The van der Waals surface area contributed by atoms with Gasteiger partial charge in [-0.2, -0.15) is 5.10 Å². The number of rotatable bonds is 4. The third-order valence-corrected chi connectivity index (χ3v) is 3.33. The number of carbonyl (C=O) groups excluding carboxylic acids is 1. The zero-order chi connectivity index (χ0) is 13.7. The summed E-state index contributed by atoms with van der Waals surface area (Å²) in [5, 5.41) is 8.04. The van der Waals surface area contributed by atoms with Crippen LogP contribution in [0.5, 0.6) is 5.88 Å². The lowest BCUT2D eigenvalue weighted by molar-refractivity contribution is -0.147. The summed E-state index contributed by atoms with van der Waals surface area (Å²) < 4.78 is 9.78. The standard InChI is InChI=1S/C13H19N3O3/c1-18-12-6-5-11(14-15-12)9-16-7-3-4-10(8-16)13(17)19-2/h5-6,10H,3-4,7-9H2,1-2H3. The van der Waals surface area contributed by atoms with Crippen molar-refractivity contribution in [2.45, 2.75) is 19.4 Å². The highest BCUT2D eigenvalue weighted by atomic mass is 16.5. The summed E-state index contributed by atoms with van der Waals surface area (Å²) in [6, 6.07) is 3.69. The van der Waals surface area contributed by atoms with Crippen LogP contribution < -0.4 is 4.74 Å². The number of aromatic nitrogens is 2. The van der Waals surface area contributed by atoms with Crippen molar-refractivity contribution >= 4 is 5.97 Å². The van der Waals surface area contributed by atoms with Gasteiger partial charge in [0.05, 0.1) is 25.8 Å². The van der Waals surface area contributed by atoms with Crippen LogP contribution in [0.15, 0.2) is 12.1 Å². The van der Waals surface area contributed by atoms with E-state index in [2.05, 4.69) is 15.1 Å². The fraction of sp³-hybridized carbons (Fsp3) is 0.615. The first-order valence-electron chi connectivity index (χ1n) is 6.39. The lowest BCUT2D eigenvalue weighted by atomic mass is 9.98. The molecule has 0 spiro atoms. The van der Waals surface area contributed by atoms with Gasteiger partial charge in [-0.1, -0.05) is 0 Å². The molecular formula is C13H19N3O3. The summed E-state index contributed by atoms with van der Waals surface area (Å²) in [4.78, 5) is 13.8. The molecule has 6 nitrogen and oxygen atoms in total. The van der Waals surface area contributed by atoms with Gasteiger partial charge in [-0.05, 0) is 25.5 Å². The number of piperidine rings is 1. The predicted molar refractivity (Wildman–Crippen MR) is 68.6 cm³/mol. The van der Waals surface area contributed by atoms with Crippen LogP contribution in [0.2, 0.25) is 0 Å². The molecule has 0 N–H and O–H groups in total. The second kappa shape index (κ2) is 6.47. The molecule has 0 bridgehead atoms. The normalized spacial score (nSPS) is 20.0. The van der Waals surface area contributed by atoms with Crippen LogP contribution in [0.4, 0.5) is 0 Å². The van der Waals surface area contributed by atoms with Crippen LogP contribution in [0.1, 0.15) is 18.5 Å². The smallest absolute Gasteiger partial charge is 0.309 e. The second-order valence-corrected chi connectivity index (χ2v) is 4.66. The predicted octanol–water partition coefficient (Wildman–Crippen LogP) is 0.870. The van der Waals surface area contributed by atoms with E-state index in [1.54, 1.807) is 13.2 Å².